The summed E-state index contributed by atoms with van der Waals surface area (Å²) in [6, 6.07) is 9.67. The lowest BCUT2D eigenvalue weighted by Gasteiger charge is -2.47. The molecule has 0 radical (unpaired) electrons. The highest BCUT2D eigenvalue weighted by molar-refractivity contribution is 5.95. The number of carbonyl (C=O) groups is 1. The third kappa shape index (κ3) is 5.30. The van der Waals surface area contributed by atoms with Crippen LogP contribution in [0.1, 0.15) is 24.8 Å². The van der Waals surface area contributed by atoms with Gasteiger partial charge < -0.3 is 24.2 Å². The molecule has 1 N–H and O–H groups in total. The average molecular weight is 546 g/mol. The van der Waals surface area contributed by atoms with Crippen LogP contribution in [0.4, 0.5) is 13.2 Å². The number of amidine groups is 1. The Kier molecular flexibility index (Phi) is 7.49. The van der Waals surface area contributed by atoms with Crippen molar-refractivity contribution in [3.05, 3.63) is 71.7 Å². The van der Waals surface area contributed by atoms with E-state index in [2.05, 4.69) is 15.3 Å². The molecule has 2 aliphatic rings. The first-order valence-corrected chi connectivity index (χ1v) is 12.1. The number of carbonyl (C=O) groups excluding carboxylic acids is 1. The molecule has 2 saturated heterocycles. The summed E-state index contributed by atoms with van der Waals surface area (Å²) in [6.07, 6.45) is -4.01. The van der Waals surface area contributed by atoms with Crippen LogP contribution in [0.5, 0.6) is 0 Å². The molecular weight excluding hydrogens is 519 g/mol. The highest BCUT2D eigenvalue weighted by Crippen LogP contribution is 2.39. The number of halogens is 3. The first-order chi connectivity index (χ1) is 18.6. The smallest absolute Gasteiger partial charge is 0.279 e. The van der Waals surface area contributed by atoms with E-state index in [-0.39, 0.29) is 17.9 Å². The van der Waals surface area contributed by atoms with E-state index < -0.39 is 60.1 Å². The fraction of sp³-hybridized carbons (Fsp3) is 0.385. The van der Waals surface area contributed by atoms with Crippen molar-refractivity contribution in [1.82, 2.24) is 19.9 Å². The summed E-state index contributed by atoms with van der Waals surface area (Å²) < 4.78 is 60.5. The predicted octanol–water partition coefficient (Wildman–Crippen LogP) is 2.65. The minimum Gasteiger partial charge on any atom is -0.387 e. The van der Waals surface area contributed by atoms with Crippen molar-refractivity contribution < 1.29 is 37.3 Å². The number of fused-ring (bicyclic) bond motifs is 1. The molecule has 2 aromatic carbocycles. The van der Waals surface area contributed by atoms with Gasteiger partial charge in [-0.25, -0.2) is 17.9 Å². The quantitative estimate of drug-likeness (QED) is 0.303. The number of ether oxygens (including phenoxy) is 3. The van der Waals surface area contributed by atoms with Gasteiger partial charge >= 0.3 is 0 Å². The van der Waals surface area contributed by atoms with Crippen molar-refractivity contribution in [3.8, 4) is 11.3 Å². The van der Waals surface area contributed by atoms with Crippen LogP contribution in [0.25, 0.3) is 11.3 Å². The van der Waals surface area contributed by atoms with Gasteiger partial charge in [0.1, 0.15) is 35.9 Å². The molecule has 39 heavy (non-hydrogen) atoms. The van der Waals surface area contributed by atoms with Crippen LogP contribution in [-0.4, -0.2) is 81.9 Å². The van der Waals surface area contributed by atoms with Crippen molar-refractivity contribution >= 4 is 11.7 Å². The zero-order chi connectivity index (χ0) is 27.8. The maximum Gasteiger partial charge on any atom is 0.279 e. The van der Waals surface area contributed by atoms with Crippen molar-refractivity contribution in [3.63, 3.8) is 0 Å². The fourth-order valence-electron chi connectivity index (χ4n) is 4.48. The second-order valence-corrected chi connectivity index (χ2v) is 9.48. The van der Waals surface area contributed by atoms with Crippen LogP contribution in [0.3, 0.4) is 0 Å². The summed E-state index contributed by atoms with van der Waals surface area (Å²) in [7, 11) is 3.43. The molecule has 3 aromatic rings. The third-order valence-electron chi connectivity index (χ3n) is 6.71. The largest absolute Gasteiger partial charge is 0.387 e. The summed E-state index contributed by atoms with van der Waals surface area (Å²) in [6.45, 7) is 1.67. The minimum atomic E-state index is -1.61. The number of aromatic nitrogens is 3. The second-order valence-electron chi connectivity index (χ2n) is 9.48. The molecule has 6 atom stereocenters. The highest BCUT2D eigenvalue weighted by atomic mass is 19.2. The molecule has 3 heterocycles. The standard InChI is InChI=1S/C26H26F3N5O5/c1-13(33(2)3)30-25(36)24-22(35)21(23-19(38-24)12-37-26(39-23)14-7-5-4-6-8-14)34-11-18(31-32-34)15-9-16(27)20(29)17(28)10-15/h4-11,19,21-24,26,35H,12H2,1-3H3/b30-13+. The summed E-state index contributed by atoms with van der Waals surface area (Å²) in [5.74, 6) is -4.69. The zero-order valence-electron chi connectivity index (χ0n) is 21.2. The van der Waals surface area contributed by atoms with Crippen molar-refractivity contribution in [1.29, 1.82) is 0 Å². The second kappa shape index (κ2) is 10.8. The highest BCUT2D eigenvalue weighted by Gasteiger charge is 2.53. The van der Waals surface area contributed by atoms with E-state index in [1.165, 1.54) is 10.9 Å². The molecule has 206 valence electrons. The van der Waals surface area contributed by atoms with Gasteiger partial charge in [-0.15, -0.1) is 5.10 Å². The van der Waals surface area contributed by atoms with Gasteiger partial charge in [-0.05, 0) is 19.1 Å². The SMILES string of the molecule is C/C(=N\C(=O)C1OC2COC(c3ccccc3)OC2C(n2cc(-c3cc(F)c(F)c(F)c3)nn2)C1O)N(C)C. The van der Waals surface area contributed by atoms with Crippen molar-refractivity contribution in [2.75, 3.05) is 20.7 Å². The molecule has 1 aromatic heterocycles. The van der Waals surface area contributed by atoms with E-state index in [9.17, 15) is 23.1 Å². The molecule has 10 nitrogen and oxygen atoms in total. The van der Waals surface area contributed by atoms with Crippen LogP contribution >= 0.6 is 0 Å². The maximum atomic E-state index is 13.9. The first kappa shape index (κ1) is 26.9. The molecule has 1 amide bonds. The van der Waals surface area contributed by atoms with Crippen LogP contribution in [-0.2, 0) is 19.0 Å². The van der Waals surface area contributed by atoms with E-state index in [0.29, 0.717) is 5.84 Å². The summed E-state index contributed by atoms with van der Waals surface area (Å²) in [5.41, 5.74) is 0.675. The van der Waals surface area contributed by atoms with E-state index >= 15 is 0 Å². The lowest BCUT2D eigenvalue weighted by Crippen LogP contribution is -2.61. The Balaban J connectivity index is 1.51. The zero-order valence-corrected chi connectivity index (χ0v) is 21.2. The Bertz CT molecular complexity index is 1360. The molecule has 0 saturated carbocycles. The number of hydrogen-bond donors (Lipinski definition) is 1. The Labute approximate surface area is 221 Å². The number of aliphatic hydroxyl groups is 1. The van der Waals surface area contributed by atoms with Gasteiger partial charge in [0.25, 0.3) is 5.91 Å². The topological polar surface area (TPSA) is 111 Å². The minimum absolute atomic E-state index is 0.0130. The molecule has 5 rings (SSSR count). The molecule has 6 unspecified atom stereocenters. The van der Waals surface area contributed by atoms with Crippen molar-refractivity contribution in [2.24, 2.45) is 4.99 Å². The monoisotopic (exact) mass is 545 g/mol. The number of nitrogens with zero attached hydrogens (tertiary/aromatic N) is 5. The Hall–Kier alpha value is -3.65. The number of rotatable bonds is 4. The molecule has 0 bridgehead atoms. The van der Waals surface area contributed by atoms with Crippen LogP contribution in [0, 0.1) is 17.5 Å². The molecule has 0 spiro atoms. The lowest BCUT2D eigenvalue weighted by molar-refractivity contribution is -0.312. The Morgan fingerprint density at radius 1 is 1.13 bits per heavy atom. The number of aliphatic hydroxyl groups excluding tert-OH is 1. The van der Waals surface area contributed by atoms with Gasteiger partial charge in [0.05, 0.1) is 12.8 Å². The van der Waals surface area contributed by atoms with Gasteiger partial charge in [0.2, 0.25) is 0 Å². The number of aliphatic imine (C=N–C) groups is 1. The number of hydrogen-bond acceptors (Lipinski definition) is 7. The molecule has 2 aliphatic heterocycles. The van der Waals surface area contributed by atoms with Crippen LogP contribution in [0.2, 0.25) is 0 Å². The number of amides is 1. The Morgan fingerprint density at radius 3 is 2.49 bits per heavy atom. The summed E-state index contributed by atoms with van der Waals surface area (Å²) in [4.78, 5) is 18.7. The third-order valence-corrected chi connectivity index (χ3v) is 6.71. The molecule has 2 fully saturated rings. The van der Waals surface area contributed by atoms with E-state index in [4.69, 9.17) is 14.2 Å². The summed E-state index contributed by atoms with van der Waals surface area (Å²) in [5, 5.41) is 19.4. The van der Waals surface area contributed by atoms with E-state index in [1.807, 2.05) is 30.3 Å². The van der Waals surface area contributed by atoms with Gasteiger partial charge in [0.15, 0.2) is 29.8 Å². The van der Waals surface area contributed by atoms with Crippen LogP contribution < -0.4 is 0 Å². The fourth-order valence-corrected chi connectivity index (χ4v) is 4.48. The maximum absolute atomic E-state index is 13.9. The molecule has 13 heteroatoms. The first-order valence-electron chi connectivity index (χ1n) is 12.1. The number of benzene rings is 2. The summed E-state index contributed by atoms with van der Waals surface area (Å²) >= 11 is 0. The van der Waals surface area contributed by atoms with E-state index in [1.54, 1.807) is 25.9 Å². The normalized spacial score (nSPS) is 27.2. The predicted molar refractivity (Wildman–Crippen MR) is 131 cm³/mol. The molecule has 0 aliphatic carbocycles. The molecular formula is C26H26F3N5O5. The van der Waals surface area contributed by atoms with Gasteiger partial charge in [-0.2, -0.15) is 4.99 Å². The van der Waals surface area contributed by atoms with Crippen molar-refractivity contribution in [2.45, 2.75) is 43.7 Å². The van der Waals surface area contributed by atoms with Gasteiger partial charge in [-0.1, -0.05) is 35.5 Å². The van der Waals surface area contributed by atoms with Crippen LogP contribution in [0.15, 0.2) is 53.7 Å². The lowest BCUT2D eigenvalue weighted by atomic mass is 9.91. The van der Waals surface area contributed by atoms with Gasteiger partial charge in [-0.3, -0.25) is 4.79 Å². The Morgan fingerprint density at radius 2 is 1.82 bits per heavy atom. The van der Waals surface area contributed by atoms with E-state index in [0.717, 1.165) is 17.7 Å². The average Bonchev–Trinajstić information content (AvgIpc) is 3.41. The van der Waals surface area contributed by atoms with Gasteiger partial charge in [0, 0.05) is 25.2 Å².